The molecule has 130 valence electrons. The van der Waals surface area contributed by atoms with E-state index in [2.05, 4.69) is 20.2 Å². The molecule has 1 aliphatic rings. The topological polar surface area (TPSA) is 63.4 Å². The number of ether oxygens (including phenoxy) is 2. The van der Waals surface area contributed by atoms with Gasteiger partial charge in [0.1, 0.15) is 5.65 Å². The molecular formula is C16H22ClN5O2. The Labute approximate surface area is 146 Å². The molecule has 1 fully saturated rings. The molecule has 3 rings (SSSR count). The van der Waals surface area contributed by atoms with Crippen molar-refractivity contribution in [2.24, 2.45) is 4.99 Å². The number of hydrogen-bond acceptors (Lipinski definition) is 4. The van der Waals surface area contributed by atoms with Gasteiger partial charge >= 0.3 is 0 Å². The molecule has 1 aliphatic heterocycles. The highest BCUT2D eigenvalue weighted by molar-refractivity contribution is 6.30. The lowest BCUT2D eigenvalue weighted by Crippen LogP contribution is -2.51. The van der Waals surface area contributed by atoms with Crippen LogP contribution >= 0.6 is 11.6 Å². The first-order chi connectivity index (χ1) is 11.7. The second kappa shape index (κ2) is 7.83. The summed E-state index contributed by atoms with van der Waals surface area (Å²) in [6.07, 6.45) is 3.88. The first-order valence-corrected chi connectivity index (χ1v) is 8.26. The van der Waals surface area contributed by atoms with Crippen molar-refractivity contribution in [1.82, 2.24) is 19.6 Å². The smallest absolute Gasteiger partial charge is 0.194 e. The summed E-state index contributed by atoms with van der Waals surface area (Å²) in [6, 6.07) is 3.74. The van der Waals surface area contributed by atoms with E-state index in [-0.39, 0.29) is 6.10 Å². The molecule has 2 aromatic rings. The van der Waals surface area contributed by atoms with Gasteiger partial charge in [-0.05, 0) is 12.1 Å². The van der Waals surface area contributed by atoms with Crippen LogP contribution in [0.1, 0.15) is 5.69 Å². The third kappa shape index (κ3) is 3.98. The summed E-state index contributed by atoms with van der Waals surface area (Å²) in [5.74, 6) is 0.842. The predicted octanol–water partition coefficient (Wildman–Crippen LogP) is 1.41. The van der Waals surface area contributed by atoms with Crippen molar-refractivity contribution in [3.05, 3.63) is 35.2 Å². The fraction of sp³-hybridized carbons (Fsp3) is 0.500. The molecule has 0 aliphatic carbocycles. The quantitative estimate of drug-likeness (QED) is 0.666. The van der Waals surface area contributed by atoms with Crippen LogP contribution in [-0.2, 0) is 16.0 Å². The highest BCUT2D eigenvalue weighted by Crippen LogP contribution is 2.12. The van der Waals surface area contributed by atoms with Gasteiger partial charge in [0.15, 0.2) is 5.96 Å². The standard InChI is InChI=1S/C16H22ClN5O2/c1-18-16(21-5-6-24-14(10-21)11-23-2)19-7-13-9-22-8-12(17)3-4-15(22)20-13/h3-4,8-9,14H,5-7,10-11H2,1-2H3,(H,18,19). The number of guanidine groups is 1. The van der Waals surface area contributed by atoms with Gasteiger partial charge in [-0.1, -0.05) is 11.6 Å². The molecule has 3 heterocycles. The number of hydrogen-bond donors (Lipinski definition) is 1. The molecule has 1 saturated heterocycles. The van der Waals surface area contributed by atoms with Crippen LogP contribution in [0.25, 0.3) is 5.65 Å². The van der Waals surface area contributed by atoms with Crippen LogP contribution in [0.5, 0.6) is 0 Å². The van der Waals surface area contributed by atoms with Crippen LogP contribution in [0.15, 0.2) is 29.5 Å². The molecule has 0 amide bonds. The number of nitrogens with one attached hydrogen (secondary N) is 1. The monoisotopic (exact) mass is 351 g/mol. The van der Waals surface area contributed by atoms with Crippen molar-refractivity contribution in [2.75, 3.05) is 40.5 Å². The first-order valence-electron chi connectivity index (χ1n) is 7.89. The predicted molar refractivity (Wildman–Crippen MR) is 93.6 cm³/mol. The normalized spacial score (nSPS) is 19.0. The minimum Gasteiger partial charge on any atom is -0.382 e. The van der Waals surface area contributed by atoms with E-state index in [1.807, 2.05) is 28.9 Å². The average Bonchev–Trinajstić information content (AvgIpc) is 2.98. The summed E-state index contributed by atoms with van der Waals surface area (Å²) in [7, 11) is 3.47. The molecular weight excluding hydrogens is 330 g/mol. The number of aromatic nitrogens is 2. The van der Waals surface area contributed by atoms with E-state index in [0.717, 1.165) is 30.4 Å². The molecule has 2 aromatic heterocycles. The zero-order valence-corrected chi connectivity index (χ0v) is 14.7. The van der Waals surface area contributed by atoms with Crippen LogP contribution in [-0.4, -0.2) is 66.8 Å². The number of methoxy groups -OCH3 is 1. The molecule has 8 heteroatoms. The lowest BCUT2D eigenvalue weighted by molar-refractivity contribution is -0.0447. The van der Waals surface area contributed by atoms with E-state index in [1.165, 1.54) is 0 Å². The van der Waals surface area contributed by atoms with Gasteiger partial charge in [-0.2, -0.15) is 0 Å². The third-order valence-electron chi connectivity index (χ3n) is 3.90. The SMILES string of the molecule is CN=C(NCc1cn2cc(Cl)ccc2n1)N1CCOC(COC)C1. The van der Waals surface area contributed by atoms with Crippen LogP contribution in [0, 0.1) is 0 Å². The van der Waals surface area contributed by atoms with Gasteiger partial charge in [-0.3, -0.25) is 4.99 Å². The number of rotatable bonds is 4. The minimum absolute atomic E-state index is 0.0691. The maximum Gasteiger partial charge on any atom is 0.194 e. The van der Waals surface area contributed by atoms with E-state index >= 15 is 0 Å². The Morgan fingerprint density at radius 3 is 3.17 bits per heavy atom. The number of imidazole rings is 1. The van der Waals surface area contributed by atoms with Crippen molar-refractivity contribution < 1.29 is 9.47 Å². The Balaban J connectivity index is 1.62. The summed E-state index contributed by atoms with van der Waals surface area (Å²) in [4.78, 5) is 11.1. The molecule has 0 aromatic carbocycles. The molecule has 0 saturated carbocycles. The summed E-state index contributed by atoms with van der Waals surface area (Å²) in [5.41, 5.74) is 1.80. The van der Waals surface area contributed by atoms with Gasteiger partial charge in [0, 0.05) is 39.6 Å². The van der Waals surface area contributed by atoms with Gasteiger partial charge in [0.25, 0.3) is 0 Å². The van der Waals surface area contributed by atoms with Crippen LogP contribution < -0.4 is 5.32 Å². The van der Waals surface area contributed by atoms with E-state index < -0.39 is 0 Å². The summed E-state index contributed by atoms with van der Waals surface area (Å²) < 4.78 is 12.8. The van der Waals surface area contributed by atoms with Gasteiger partial charge < -0.3 is 24.1 Å². The second-order valence-corrected chi connectivity index (χ2v) is 6.08. The molecule has 24 heavy (non-hydrogen) atoms. The van der Waals surface area contributed by atoms with Crippen molar-refractivity contribution in [2.45, 2.75) is 12.6 Å². The van der Waals surface area contributed by atoms with Crippen LogP contribution in [0.2, 0.25) is 5.02 Å². The van der Waals surface area contributed by atoms with Gasteiger partial charge in [-0.15, -0.1) is 0 Å². The fourth-order valence-electron chi connectivity index (χ4n) is 2.80. The lowest BCUT2D eigenvalue weighted by Gasteiger charge is -2.34. The van der Waals surface area contributed by atoms with E-state index in [9.17, 15) is 0 Å². The summed E-state index contributed by atoms with van der Waals surface area (Å²) >= 11 is 6.01. The number of morpholine rings is 1. The average molecular weight is 352 g/mol. The zero-order valence-electron chi connectivity index (χ0n) is 13.9. The summed E-state index contributed by atoms with van der Waals surface area (Å²) in [5, 5.41) is 4.05. The lowest BCUT2D eigenvalue weighted by atomic mass is 10.3. The van der Waals surface area contributed by atoms with Crippen molar-refractivity contribution >= 4 is 23.2 Å². The Hall–Kier alpha value is -1.83. The van der Waals surface area contributed by atoms with Crippen molar-refractivity contribution in [3.63, 3.8) is 0 Å². The maximum atomic E-state index is 6.01. The van der Waals surface area contributed by atoms with E-state index in [4.69, 9.17) is 21.1 Å². The number of fused-ring (bicyclic) bond motifs is 1. The molecule has 7 nitrogen and oxygen atoms in total. The number of halogens is 1. The van der Waals surface area contributed by atoms with Crippen molar-refractivity contribution in [1.29, 1.82) is 0 Å². The fourth-order valence-corrected chi connectivity index (χ4v) is 2.97. The maximum absolute atomic E-state index is 6.01. The molecule has 0 spiro atoms. The molecule has 1 atom stereocenters. The highest BCUT2D eigenvalue weighted by atomic mass is 35.5. The Morgan fingerprint density at radius 2 is 2.38 bits per heavy atom. The summed E-state index contributed by atoms with van der Waals surface area (Å²) in [6.45, 7) is 3.41. The molecule has 1 N–H and O–H groups in total. The highest BCUT2D eigenvalue weighted by Gasteiger charge is 2.22. The molecule has 0 radical (unpaired) electrons. The molecule has 0 bridgehead atoms. The van der Waals surface area contributed by atoms with Gasteiger partial charge in [0.05, 0.1) is 36.6 Å². The second-order valence-electron chi connectivity index (χ2n) is 5.64. The van der Waals surface area contributed by atoms with E-state index in [0.29, 0.717) is 24.8 Å². The zero-order chi connectivity index (χ0) is 16.9. The number of aliphatic imine (C=N–C) groups is 1. The minimum atomic E-state index is 0.0691. The van der Waals surface area contributed by atoms with Crippen LogP contribution in [0.4, 0.5) is 0 Å². The Bertz CT molecular complexity index is 716. The van der Waals surface area contributed by atoms with Crippen LogP contribution in [0.3, 0.4) is 0 Å². The Morgan fingerprint density at radius 1 is 1.50 bits per heavy atom. The van der Waals surface area contributed by atoms with E-state index in [1.54, 1.807) is 14.2 Å². The van der Waals surface area contributed by atoms with Gasteiger partial charge in [-0.25, -0.2) is 4.98 Å². The third-order valence-corrected chi connectivity index (χ3v) is 4.12. The van der Waals surface area contributed by atoms with Gasteiger partial charge in [0.2, 0.25) is 0 Å². The Kier molecular flexibility index (Phi) is 5.55. The number of pyridine rings is 1. The number of nitrogens with zero attached hydrogens (tertiary/aromatic N) is 4. The largest absolute Gasteiger partial charge is 0.382 e. The first kappa shape index (κ1) is 17.0. The molecule has 1 unspecified atom stereocenters. The van der Waals surface area contributed by atoms with Crippen molar-refractivity contribution in [3.8, 4) is 0 Å².